The van der Waals surface area contributed by atoms with Crippen LogP contribution in [0.2, 0.25) is 0 Å². The van der Waals surface area contributed by atoms with Gasteiger partial charge in [-0.25, -0.2) is 0 Å². The molecule has 1 fully saturated rings. The number of para-hydroxylation sites is 1. The van der Waals surface area contributed by atoms with Crippen LogP contribution in [-0.4, -0.2) is 40.7 Å². The van der Waals surface area contributed by atoms with E-state index in [1.165, 1.54) is 11.8 Å². The summed E-state index contributed by atoms with van der Waals surface area (Å²) in [4.78, 5) is 47.4. The molecule has 0 saturated carbocycles. The summed E-state index contributed by atoms with van der Waals surface area (Å²) in [7, 11) is 0. The third-order valence-corrected chi connectivity index (χ3v) is 5.33. The third kappa shape index (κ3) is 7.72. The first kappa shape index (κ1) is 21.9. The Hall–Kier alpha value is -2.35. The second-order valence-electron chi connectivity index (χ2n) is 6.76. The number of rotatable bonds is 10. The summed E-state index contributed by atoms with van der Waals surface area (Å²) in [6.45, 7) is 1.55. The summed E-state index contributed by atoms with van der Waals surface area (Å²) in [5, 5.41) is 8.34. The number of carbonyl (C=O) groups excluding carboxylic acids is 4. The van der Waals surface area contributed by atoms with Crippen LogP contribution in [-0.2, 0) is 19.2 Å². The molecule has 3 N–H and O–H groups in total. The van der Waals surface area contributed by atoms with Crippen molar-refractivity contribution in [2.45, 2.75) is 57.5 Å². The van der Waals surface area contributed by atoms with Gasteiger partial charge in [0.15, 0.2) is 5.12 Å². The number of hydrogen-bond acceptors (Lipinski definition) is 5. The van der Waals surface area contributed by atoms with Crippen molar-refractivity contribution in [2.75, 3.05) is 11.1 Å². The van der Waals surface area contributed by atoms with Crippen LogP contribution in [0.1, 0.15) is 45.4 Å². The lowest BCUT2D eigenvalue weighted by atomic mass is 10.1. The standard InChI is InChI=1S/C20H27N3O4S/c1-14(24)28-13-7-3-6-10-16(19(26)21-15-8-4-2-5-9-15)23-20(27)17-11-12-18(25)22-17/h2,4-5,8-9,16-17H,3,6-7,10-13H2,1H3,(H,21,26)(H,22,25)(H,23,27)/t16-,17-/m0/s1. The van der Waals surface area contributed by atoms with Gasteiger partial charge in [-0.05, 0) is 31.4 Å². The first-order chi connectivity index (χ1) is 13.5. The fraction of sp³-hybridized carbons (Fsp3) is 0.500. The van der Waals surface area contributed by atoms with Crippen LogP contribution in [0.5, 0.6) is 0 Å². The number of thioether (sulfide) groups is 1. The zero-order chi connectivity index (χ0) is 20.4. The summed E-state index contributed by atoms with van der Waals surface area (Å²) in [5.74, 6) is 0.0121. The second kappa shape index (κ2) is 11.5. The van der Waals surface area contributed by atoms with Gasteiger partial charge in [0.1, 0.15) is 12.1 Å². The molecule has 1 heterocycles. The van der Waals surface area contributed by atoms with E-state index in [0.29, 0.717) is 24.9 Å². The van der Waals surface area contributed by atoms with E-state index < -0.39 is 12.1 Å². The lowest BCUT2D eigenvalue weighted by molar-refractivity contribution is -0.128. The highest BCUT2D eigenvalue weighted by Gasteiger charge is 2.30. The summed E-state index contributed by atoms with van der Waals surface area (Å²) < 4.78 is 0. The van der Waals surface area contributed by atoms with Crippen LogP contribution in [0.3, 0.4) is 0 Å². The maximum atomic E-state index is 12.7. The van der Waals surface area contributed by atoms with Gasteiger partial charge < -0.3 is 16.0 Å². The van der Waals surface area contributed by atoms with Crippen molar-refractivity contribution in [3.8, 4) is 0 Å². The van der Waals surface area contributed by atoms with Gasteiger partial charge in [-0.2, -0.15) is 0 Å². The molecule has 28 heavy (non-hydrogen) atoms. The van der Waals surface area contributed by atoms with E-state index >= 15 is 0 Å². The Morgan fingerprint density at radius 1 is 1.18 bits per heavy atom. The van der Waals surface area contributed by atoms with Crippen LogP contribution in [0.4, 0.5) is 5.69 Å². The van der Waals surface area contributed by atoms with Gasteiger partial charge in [-0.1, -0.05) is 42.8 Å². The van der Waals surface area contributed by atoms with Gasteiger partial charge >= 0.3 is 0 Å². The zero-order valence-electron chi connectivity index (χ0n) is 16.0. The molecule has 0 radical (unpaired) electrons. The molecule has 1 aromatic carbocycles. The maximum absolute atomic E-state index is 12.7. The third-order valence-electron chi connectivity index (χ3n) is 4.43. The Morgan fingerprint density at radius 2 is 1.93 bits per heavy atom. The van der Waals surface area contributed by atoms with Crippen molar-refractivity contribution in [1.29, 1.82) is 0 Å². The van der Waals surface area contributed by atoms with E-state index in [4.69, 9.17) is 0 Å². The Balaban J connectivity index is 1.88. The number of hydrogen-bond donors (Lipinski definition) is 3. The number of nitrogens with one attached hydrogen (secondary N) is 3. The molecule has 8 heteroatoms. The zero-order valence-corrected chi connectivity index (χ0v) is 16.8. The first-order valence-corrected chi connectivity index (χ1v) is 10.5. The highest BCUT2D eigenvalue weighted by atomic mass is 32.2. The summed E-state index contributed by atoms with van der Waals surface area (Å²) in [5.41, 5.74) is 0.666. The summed E-state index contributed by atoms with van der Waals surface area (Å²) >= 11 is 1.30. The van der Waals surface area contributed by atoms with Crippen molar-refractivity contribution in [2.24, 2.45) is 0 Å². The highest BCUT2D eigenvalue weighted by Crippen LogP contribution is 2.13. The van der Waals surface area contributed by atoms with Gasteiger partial charge in [0.2, 0.25) is 17.7 Å². The largest absolute Gasteiger partial charge is 0.344 e. The molecule has 1 aliphatic heterocycles. The molecule has 0 aromatic heterocycles. The Bertz CT molecular complexity index is 696. The molecule has 2 atom stereocenters. The molecule has 152 valence electrons. The smallest absolute Gasteiger partial charge is 0.246 e. The molecule has 1 aromatic rings. The van der Waals surface area contributed by atoms with E-state index in [1.54, 1.807) is 19.1 Å². The molecule has 2 rings (SSSR count). The van der Waals surface area contributed by atoms with E-state index in [-0.39, 0.29) is 22.8 Å². The predicted molar refractivity (Wildman–Crippen MR) is 110 cm³/mol. The van der Waals surface area contributed by atoms with Gasteiger partial charge in [-0.15, -0.1) is 0 Å². The fourth-order valence-electron chi connectivity index (χ4n) is 2.95. The van der Waals surface area contributed by atoms with E-state index in [9.17, 15) is 19.2 Å². The van der Waals surface area contributed by atoms with Crippen molar-refractivity contribution >= 4 is 40.3 Å². The molecule has 0 aliphatic carbocycles. The minimum absolute atomic E-state index is 0.103. The Labute approximate surface area is 169 Å². The SMILES string of the molecule is CC(=O)SCCCCC[C@H](NC(=O)[C@@H]1CCC(=O)N1)C(=O)Nc1ccccc1. The number of carbonyl (C=O) groups is 4. The lowest BCUT2D eigenvalue weighted by Crippen LogP contribution is -2.50. The van der Waals surface area contributed by atoms with Crippen LogP contribution in [0.15, 0.2) is 30.3 Å². The van der Waals surface area contributed by atoms with Crippen molar-refractivity contribution in [3.63, 3.8) is 0 Å². The number of unbranched alkanes of at least 4 members (excludes halogenated alkanes) is 2. The quantitative estimate of drug-likeness (QED) is 0.518. The van der Waals surface area contributed by atoms with Crippen molar-refractivity contribution < 1.29 is 19.2 Å². The number of amides is 3. The minimum atomic E-state index is -0.675. The summed E-state index contributed by atoms with van der Waals surface area (Å²) in [6, 6.07) is 7.82. The van der Waals surface area contributed by atoms with Crippen LogP contribution >= 0.6 is 11.8 Å². The monoisotopic (exact) mass is 405 g/mol. The van der Waals surface area contributed by atoms with E-state index in [1.807, 2.05) is 18.2 Å². The average molecular weight is 406 g/mol. The first-order valence-electron chi connectivity index (χ1n) is 9.54. The summed E-state index contributed by atoms with van der Waals surface area (Å²) in [6.07, 6.45) is 3.76. The topological polar surface area (TPSA) is 104 Å². The van der Waals surface area contributed by atoms with Crippen molar-refractivity contribution in [1.82, 2.24) is 10.6 Å². The molecule has 1 saturated heterocycles. The van der Waals surface area contributed by atoms with Crippen LogP contribution in [0, 0.1) is 0 Å². The van der Waals surface area contributed by atoms with Crippen molar-refractivity contribution in [3.05, 3.63) is 30.3 Å². The molecule has 1 aliphatic rings. The van der Waals surface area contributed by atoms with Gasteiger partial charge in [0, 0.05) is 24.8 Å². The van der Waals surface area contributed by atoms with Crippen LogP contribution in [0.25, 0.3) is 0 Å². The normalized spacial score (nSPS) is 16.9. The second-order valence-corrected chi connectivity index (χ2v) is 8.04. The van der Waals surface area contributed by atoms with Crippen LogP contribution < -0.4 is 16.0 Å². The average Bonchev–Trinajstić information content (AvgIpc) is 3.10. The predicted octanol–water partition coefficient (Wildman–Crippen LogP) is 2.23. The Kier molecular flexibility index (Phi) is 9.00. The molecular weight excluding hydrogens is 378 g/mol. The van der Waals surface area contributed by atoms with Gasteiger partial charge in [-0.3, -0.25) is 19.2 Å². The molecule has 0 spiro atoms. The number of benzene rings is 1. The highest BCUT2D eigenvalue weighted by molar-refractivity contribution is 8.13. The van der Waals surface area contributed by atoms with E-state index in [2.05, 4.69) is 16.0 Å². The minimum Gasteiger partial charge on any atom is -0.344 e. The number of anilines is 1. The van der Waals surface area contributed by atoms with E-state index in [0.717, 1.165) is 25.0 Å². The fourth-order valence-corrected chi connectivity index (χ4v) is 3.58. The molecule has 0 bridgehead atoms. The molecule has 3 amide bonds. The van der Waals surface area contributed by atoms with Gasteiger partial charge in [0.05, 0.1) is 0 Å². The van der Waals surface area contributed by atoms with Gasteiger partial charge in [0.25, 0.3) is 0 Å². The molecular formula is C20H27N3O4S. The lowest BCUT2D eigenvalue weighted by Gasteiger charge is -2.20. The molecule has 0 unspecified atom stereocenters. The maximum Gasteiger partial charge on any atom is 0.246 e. The Morgan fingerprint density at radius 3 is 2.57 bits per heavy atom. The molecule has 7 nitrogen and oxygen atoms in total.